The van der Waals surface area contributed by atoms with Crippen molar-refractivity contribution >= 4 is 5.91 Å². The number of aromatic nitrogens is 3. The van der Waals surface area contributed by atoms with Gasteiger partial charge in [0.2, 0.25) is 5.82 Å². The first kappa shape index (κ1) is 14.6. The SMILES string of the molecule is CCCC(CN)NC(=O)c1n[nH]c(C(C)(C)C)n1. The molecule has 0 aliphatic heterocycles. The summed E-state index contributed by atoms with van der Waals surface area (Å²) < 4.78 is 0. The van der Waals surface area contributed by atoms with Crippen LogP contribution >= 0.6 is 0 Å². The molecule has 6 nitrogen and oxygen atoms in total. The van der Waals surface area contributed by atoms with Crippen LogP contribution in [0.1, 0.15) is 57.0 Å². The van der Waals surface area contributed by atoms with Crippen LogP contribution in [0.3, 0.4) is 0 Å². The van der Waals surface area contributed by atoms with Crippen LogP contribution in [0.2, 0.25) is 0 Å². The van der Waals surface area contributed by atoms with Crippen molar-refractivity contribution in [1.29, 1.82) is 0 Å². The second-order valence-electron chi connectivity index (χ2n) is 5.45. The lowest BCUT2D eigenvalue weighted by Gasteiger charge is -2.14. The van der Waals surface area contributed by atoms with Gasteiger partial charge in [-0.2, -0.15) is 0 Å². The molecule has 1 rings (SSSR count). The van der Waals surface area contributed by atoms with Crippen molar-refractivity contribution in [2.24, 2.45) is 5.73 Å². The van der Waals surface area contributed by atoms with Gasteiger partial charge in [-0.05, 0) is 6.42 Å². The molecular formula is C12H23N5O. The third-order valence-electron chi connectivity index (χ3n) is 2.66. The highest BCUT2D eigenvalue weighted by Gasteiger charge is 2.22. The first-order valence-corrected chi connectivity index (χ1v) is 6.32. The van der Waals surface area contributed by atoms with E-state index in [-0.39, 0.29) is 23.2 Å². The summed E-state index contributed by atoms with van der Waals surface area (Å²) in [6.45, 7) is 8.51. The van der Waals surface area contributed by atoms with Gasteiger partial charge in [0.25, 0.3) is 5.91 Å². The number of nitrogens with zero attached hydrogens (tertiary/aromatic N) is 2. The molecule has 1 atom stereocenters. The van der Waals surface area contributed by atoms with Crippen molar-refractivity contribution in [3.63, 3.8) is 0 Å². The third kappa shape index (κ3) is 3.80. The molecule has 1 unspecified atom stereocenters. The molecule has 1 amide bonds. The van der Waals surface area contributed by atoms with E-state index in [2.05, 4.69) is 27.4 Å². The lowest BCUT2D eigenvalue weighted by Crippen LogP contribution is -2.40. The Kier molecular flexibility index (Phi) is 4.84. The molecule has 0 aliphatic rings. The number of amides is 1. The highest BCUT2D eigenvalue weighted by molar-refractivity contribution is 5.90. The van der Waals surface area contributed by atoms with Gasteiger partial charge < -0.3 is 11.1 Å². The molecule has 6 heteroatoms. The van der Waals surface area contributed by atoms with Crippen LogP contribution in [0.5, 0.6) is 0 Å². The second-order valence-corrected chi connectivity index (χ2v) is 5.45. The standard InChI is InChI=1S/C12H23N5O/c1-5-6-8(7-13)14-10(18)9-15-11(17-16-9)12(2,3)4/h8H,5-7,13H2,1-4H3,(H,14,18)(H,15,16,17). The lowest BCUT2D eigenvalue weighted by molar-refractivity contribution is 0.0926. The Morgan fingerprint density at radius 3 is 2.61 bits per heavy atom. The molecule has 1 aromatic rings. The summed E-state index contributed by atoms with van der Waals surface area (Å²) in [5.41, 5.74) is 5.45. The minimum Gasteiger partial charge on any atom is -0.345 e. The minimum absolute atomic E-state index is 0.0147. The molecule has 0 bridgehead atoms. The summed E-state index contributed by atoms with van der Waals surface area (Å²) >= 11 is 0. The van der Waals surface area contributed by atoms with Crippen molar-refractivity contribution in [2.75, 3.05) is 6.54 Å². The molecular weight excluding hydrogens is 230 g/mol. The third-order valence-corrected chi connectivity index (χ3v) is 2.66. The average molecular weight is 253 g/mol. The highest BCUT2D eigenvalue weighted by Crippen LogP contribution is 2.17. The number of aromatic amines is 1. The van der Waals surface area contributed by atoms with E-state index < -0.39 is 0 Å². The summed E-state index contributed by atoms with van der Waals surface area (Å²) in [4.78, 5) is 16.1. The maximum absolute atomic E-state index is 11.9. The van der Waals surface area contributed by atoms with Gasteiger partial charge in [-0.25, -0.2) is 4.98 Å². The Balaban J connectivity index is 2.70. The van der Waals surface area contributed by atoms with Gasteiger partial charge in [-0.15, -0.1) is 5.10 Å². The number of hydrogen-bond donors (Lipinski definition) is 3. The van der Waals surface area contributed by atoms with E-state index in [1.165, 1.54) is 0 Å². The van der Waals surface area contributed by atoms with E-state index in [1.54, 1.807) is 0 Å². The van der Waals surface area contributed by atoms with Crippen molar-refractivity contribution < 1.29 is 4.79 Å². The van der Waals surface area contributed by atoms with Gasteiger partial charge in [0, 0.05) is 18.0 Å². The number of nitrogens with two attached hydrogens (primary N) is 1. The van der Waals surface area contributed by atoms with Crippen LogP contribution in [-0.2, 0) is 5.41 Å². The van der Waals surface area contributed by atoms with Gasteiger partial charge in [0.05, 0.1) is 0 Å². The van der Waals surface area contributed by atoms with E-state index in [9.17, 15) is 4.79 Å². The fourth-order valence-electron chi connectivity index (χ4n) is 1.55. The fraction of sp³-hybridized carbons (Fsp3) is 0.750. The normalized spacial score (nSPS) is 13.4. The second kappa shape index (κ2) is 5.95. The van der Waals surface area contributed by atoms with Crippen LogP contribution in [0.25, 0.3) is 0 Å². The number of carbonyl (C=O) groups is 1. The molecule has 102 valence electrons. The van der Waals surface area contributed by atoms with E-state index >= 15 is 0 Å². The summed E-state index contributed by atoms with van der Waals surface area (Å²) in [5, 5.41) is 9.58. The predicted octanol–water partition coefficient (Wildman–Crippen LogP) is 0.959. The summed E-state index contributed by atoms with van der Waals surface area (Å²) in [7, 11) is 0. The monoisotopic (exact) mass is 253 g/mol. The Bertz CT molecular complexity index is 393. The van der Waals surface area contributed by atoms with Crippen LogP contribution in [0.4, 0.5) is 0 Å². The topological polar surface area (TPSA) is 96.7 Å². The summed E-state index contributed by atoms with van der Waals surface area (Å²) in [6, 6.07) is -0.0147. The zero-order valence-corrected chi connectivity index (χ0v) is 11.6. The molecule has 0 saturated carbocycles. The zero-order chi connectivity index (χ0) is 13.8. The quantitative estimate of drug-likeness (QED) is 0.728. The van der Waals surface area contributed by atoms with E-state index in [0.29, 0.717) is 12.4 Å². The van der Waals surface area contributed by atoms with Gasteiger partial charge in [-0.3, -0.25) is 9.89 Å². The maximum atomic E-state index is 11.9. The van der Waals surface area contributed by atoms with E-state index in [1.807, 2.05) is 20.8 Å². The lowest BCUT2D eigenvalue weighted by atomic mass is 9.96. The van der Waals surface area contributed by atoms with E-state index in [4.69, 9.17) is 5.73 Å². The Hall–Kier alpha value is -1.43. The van der Waals surface area contributed by atoms with E-state index in [0.717, 1.165) is 12.8 Å². The molecule has 0 saturated heterocycles. The highest BCUT2D eigenvalue weighted by atomic mass is 16.2. The van der Waals surface area contributed by atoms with Gasteiger partial charge in [0.15, 0.2) is 0 Å². The number of carbonyl (C=O) groups excluding carboxylic acids is 1. The molecule has 18 heavy (non-hydrogen) atoms. The van der Waals surface area contributed by atoms with Crippen LogP contribution in [0.15, 0.2) is 0 Å². The van der Waals surface area contributed by atoms with Crippen molar-refractivity contribution in [3.05, 3.63) is 11.6 Å². The largest absolute Gasteiger partial charge is 0.345 e. The maximum Gasteiger partial charge on any atom is 0.291 e. The average Bonchev–Trinajstić information content (AvgIpc) is 2.77. The minimum atomic E-state index is -0.273. The number of nitrogens with one attached hydrogen (secondary N) is 2. The van der Waals surface area contributed by atoms with Gasteiger partial charge in [-0.1, -0.05) is 34.1 Å². The zero-order valence-electron chi connectivity index (χ0n) is 11.6. The van der Waals surface area contributed by atoms with Crippen molar-refractivity contribution in [1.82, 2.24) is 20.5 Å². The summed E-state index contributed by atoms with van der Waals surface area (Å²) in [6.07, 6.45) is 1.84. The number of hydrogen-bond acceptors (Lipinski definition) is 4. The van der Waals surface area contributed by atoms with Gasteiger partial charge >= 0.3 is 0 Å². The first-order valence-electron chi connectivity index (χ1n) is 6.32. The summed E-state index contributed by atoms with van der Waals surface area (Å²) in [5.74, 6) is 0.604. The molecule has 0 aliphatic carbocycles. The Morgan fingerprint density at radius 1 is 1.50 bits per heavy atom. The van der Waals surface area contributed by atoms with Crippen molar-refractivity contribution in [3.8, 4) is 0 Å². The van der Waals surface area contributed by atoms with Crippen molar-refractivity contribution in [2.45, 2.75) is 52.0 Å². The molecule has 0 fully saturated rings. The molecule has 1 aromatic heterocycles. The number of rotatable bonds is 5. The van der Waals surface area contributed by atoms with Crippen LogP contribution in [-0.4, -0.2) is 33.7 Å². The Labute approximate surface area is 108 Å². The fourth-order valence-corrected chi connectivity index (χ4v) is 1.55. The Morgan fingerprint density at radius 2 is 2.17 bits per heavy atom. The molecule has 0 radical (unpaired) electrons. The molecule has 1 heterocycles. The van der Waals surface area contributed by atoms with Crippen LogP contribution < -0.4 is 11.1 Å². The van der Waals surface area contributed by atoms with Gasteiger partial charge in [0.1, 0.15) is 5.82 Å². The molecule has 0 spiro atoms. The first-order chi connectivity index (χ1) is 8.38. The molecule has 0 aromatic carbocycles. The van der Waals surface area contributed by atoms with Crippen LogP contribution in [0, 0.1) is 0 Å². The molecule has 4 N–H and O–H groups in total. The smallest absolute Gasteiger partial charge is 0.291 e. The predicted molar refractivity (Wildman–Crippen MR) is 70.3 cm³/mol. The number of H-pyrrole nitrogens is 1.